The lowest BCUT2D eigenvalue weighted by Crippen LogP contribution is -2.33. The van der Waals surface area contributed by atoms with Crippen LogP contribution >= 0.6 is 15.9 Å². The minimum Gasteiger partial charge on any atom is -0.311 e. The van der Waals surface area contributed by atoms with Crippen LogP contribution in [0.25, 0.3) is 0 Å². The highest BCUT2D eigenvalue weighted by Crippen LogP contribution is 2.25. The van der Waals surface area contributed by atoms with Gasteiger partial charge in [-0.05, 0) is 42.9 Å². The number of nitrogens with one attached hydrogen (secondary N) is 1. The van der Waals surface area contributed by atoms with Crippen molar-refractivity contribution < 1.29 is 0 Å². The van der Waals surface area contributed by atoms with Crippen molar-refractivity contribution in [2.45, 2.75) is 19.4 Å². The van der Waals surface area contributed by atoms with Gasteiger partial charge in [0.2, 0.25) is 0 Å². The minimum absolute atomic E-state index is 0.0346. The molecule has 0 atom stereocenters. The molecule has 0 aliphatic heterocycles. The molecule has 1 N–H and O–H groups in total. The molecule has 0 saturated carbocycles. The van der Waals surface area contributed by atoms with E-state index in [1.54, 1.807) is 6.20 Å². The van der Waals surface area contributed by atoms with Gasteiger partial charge in [-0.25, -0.2) is 4.98 Å². The van der Waals surface area contributed by atoms with Crippen molar-refractivity contribution in [2.24, 2.45) is 0 Å². The molecule has 3 heteroatoms. The third-order valence-corrected chi connectivity index (χ3v) is 2.69. The molecule has 1 rings (SSSR count). The Morgan fingerprint density at radius 3 is 2.67 bits per heavy atom. The van der Waals surface area contributed by atoms with Gasteiger partial charge in [0.05, 0.1) is 0 Å². The average molecular weight is 229 g/mol. The van der Waals surface area contributed by atoms with Gasteiger partial charge in [0.15, 0.2) is 0 Å². The number of nitrogens with zero attached hydrogens (tertiary/aromatic N) is 1. The van der Waals surface area contributed by atoms with Crippen molar-refractivity contribution in [3.63, 3.8) is 0 Å². The lowest BCUT2D eigenvalue weighted by molar-refractivity contribution is 0.441. The van der Waals surface area contributed by atoms with E-state index >= 15 is 0 Å². The van der Waals surface area contributed by atoms with Crippen LogP contribution in [0.3, 0.4) is 0 Å². The second-order valence-electron chi connectivity index (χ2n) is 3.22. The Hall–Kier alpha value is -0.410. The average Bonchev–Trinajstić information content (AvgIpc) is 2.05. The topological polar surface area (TPSA) is 24.9 Å². The fourth-order valence-electron chi connectivity index (χ4n) is 0.987. The molecule has 66 valence electrons. The van der Waals surface area contributed by atoms with Crippen molar-refractivity contribution in [2.75, 3.05) is 7.05 Å². The van der Waals surface area contributed by atoms with Gasteiger partial charge in [-0.1, -0.05) is 6.07 Å². The van der Waals surface area contributed by atoms with Crippen LogP contribution in [-0.2, 0) is 5.54 Å². The van der Waals surface area contributed by atoms with E-state index in [0.717, 1.165) is 4.60 Å². The van der Waals surface area contributed by atoms with Crippen LogP contribution < -0.4 is 5.32 Å². The summed E-state index contributed by atoms with van der Waals surface area (Å²) in [6, 6.07) is 4.01. The fraction of sp³-hybridized carbons (Fsp3) is 0.444. The van der Waals surface area contributed by atoms with Crippen molar-refractivity contribution in [1.82, 2.24) is 10.3 Å². The predicted octanol–water partition coefficient (Wildman–Crippen LogP) is 2.30. The van der Waals surface area contributed by atoms with Gasteiger partial charge in [-0.15, -0.1) is 0 Å². The van der Waals surface area contributed by atoms with Gasteiger partial charge in [-0.2, -0.15) is 0 Å². The molecule has 0 aliphatic rings. The molecular formula is C9H13BrN2. The first-order valence-electron chi connectivity index (χ1n) is 3.88. The van der Waals surface area contributed by atoms with Crippen LogP contribution in [0.15, 0.2) is 22.9 Å². The summed E-state index contributed by atoms with van der Waals surface area (Å²) in [6.07, 6.45) is 1.78. The van der Waals surface area contributed by atoms with Gasteiger partial charge >= 0.3 is 0 Å². The molecular weight excluding hydrogens is 216 g/mol. The number of halogens is 1. The third-order valence-electron chi connectivity index (χ3n) is 2.06. The third kappa shape index (κ3) is 1.84. The van der Waals surface area contributed by atoms with Crippen LogP contribution in [0.4, 0.5) is 0 Å². The summed E-state index contributed by atoms with van der Waals surface area (Å²) in [5.74, 6) is 0. The van der Waals surface area contributed by atoms with E-state index < -0.39 is 0 Å². The van der Waals surface area contributed by atoms with Crippen LogP contribution in [-0.4, -0.2) is 12.0 Å². The Balaban J connectivity index is 3.10. The smallest absolute Gasteiger partial charge is 0.111 e. The van der Waals surface area contributed by atoms with E-state index in [0.29, 0.717) is 0 Å². The lowest BCUT2D eigenvalue weighted by Gasteiger charge is -2.25. The molecule has 0 spiro atoms. The summed E-state index contributed by atoms with van der Waals surface area (Å²) in [4.78, 5) is 4.17. The van der Waals surface area contributed by atoms with Crippen molar-refractivity contribution >= 4 is 15.9 Å². The Morgan fingerprint density at radius 2 is 2.17 bits per heavy atom. The molecule has 1 aromatic heterocycles. The first kappa shape index (κ1) is 9.68. The number of aromatic nitrogens is 1. The zero-order chi connectivity index (χ0) is 9.19. The van der Waals surface area contributed by atoms with Gasteiger partial charge in [0, 0.05) is 17.3 Å². The molecule has 0 bridgehead atoms. The quantitative estimate of drug-likeness (QED) is 0.787. The standard InChI is InChI=1S/C9H13BrN2/c1-9(2,11-3)7-5-4-6-12-8(7)10/h4-6,11H,1-3H3. The molecule has 0 radical (unpaired) electrons. The van der Waals surface area contributed by atoms with Gasteiger partial charge < -0.3 is 5.32 Å². The molecule has 0 amide bonds. The summed E-state index contributed by atoms with van der Waals surface area (Å²) < 4.78 is 0.907. The van der Waals surface area contributed by atoms with E-state index in [4.69, 9.17) is 0 Å². The molecule has 0 aliphatic carbocycles. The van der Waals surface area contributed by atoms with E-state index in [-0.39, 0.29) is 5.54 Å². The van der Waals surface area contributed by atoms with Crippen molar-refractivity contribution in [3.05, 3.63) is 28.5 Å². The summed E-state index contributed by atoms with van der Waals surface area (Å²) in [7, 11) is 1.94. The number of pyridine rings is 1. The first-order chi connectivity index (χ1) is 5.58. The highest BCUT2D eigenvalue weighted by molar-refractivity contribution is 9.10. The summed E-state index contributed by atoms with van der Waals surface area (Å²) >= 11 is 3.42. The Kier molecular flexibility index (Phi) is 2.85. The molecule has 1 heterocycles. The maximum atomic E-state index is 4.17. The van der Waals surface area contributed by atoms with E-state index in [1.165, 1.54) is 5.56 Å². The van der Waals surface area contributed by atoms with Crippen molar-refractivity contribution in [1.29, 1.82) is 0 Å². The molecule has 0 saturated heterocycles. The van der Waals surface area contributed by atoms with Crippen LogP contribution in [0.1, 0.15) is 19.4 Å². The van der Waals surface area contributed by atoms with Gasteiger partial charge in [-0.3, -0.25) is 0 Å². The number of hydrogen-bond acceptors (Lipinski definition) is 2. The lowest BCUT2D eigenvalue weighted by atomic mass is 9.97. The summed E-state index contributed by atoms with van der Waals surface area (Å²) in [6.45, 7) is 4.24. The second kappa shape index (κ2) is 3.54. The van der Waals surface area contributed by atoms with Crippen molar-refractivity contribution in [3.8, 4) is 0 Å². The second-order valence-corrected chi connectivity index (χ2v) is 3.97. The Morgan fingerprint density at radius 1 is 1.50 bits per heavy atom. The highest BCUT2D eigenvalue weighted by Gasteiger charge is 2.20. The Labute approximate surface area is 81.5 Å². The Bertz CT molecular complexity index is 271. The maximum absolute atomic E-state index is 4.17. The van der Waals surface area contributed by atoms with E-state index in [9.17, 15) is 0 Å². The highest BCUT2D eigenvalue weighted by atomic mass is 79.9. The predicted molar refractivity (Wildman–Crippen MR) is 54.0 cm³/mol. The van der Waals surface area contributed by atoms with Crippen LogP contribution in [0.2, 0.25) is 0 Å². The fourth-order valence-corrected chi connectivity index (χ4v) is 1.73. The molecule has 1 aromatic rings. The SMILES string of the molecule is CNC(C)(C)c1cccnc1Br. The first-order valence-corrected chi connectivity index (χ1v) is 4.67. The van der Waals surface area contributed by atoms with E-state index in [1.807, 2.05) is 13.1 Å². The summed E-state index contributed by atoms with van der Waals surface area (Å²) in [5.41, 5.74) is 1.14. The van der Waals surface area contributed by atoms with E-state index in [2.05, 4.69) is 46.1 Å². The summed E-state index contributed by atoms with van der Waals surface area (Å²) in [5, 5.41) is 3.23. The molecule has 0 aromatic carbocycles. The van der Waals surface area contributed by atoms with Crippen LogP contribution in [0, 0.1) is 0 Å². The normalized spacial score (nSPS) is 11.7. The van der Waals surface area contributed by atoms with Crippen LogP contribution in [0.5, 0.6) is 0 Å². The monoisotopic (exact) mass is 228 g/mol. The van der Waals surface area contributed by atoms with Gasteiger partial charge in [0.1, 0.15) is 4.60 Å². The minimum atomic E-state index is -0.0346. The van der Waals surface area contributed by atoms with Gasteiger partial charge in [0.25, 0.3) is 0 Å². The molecule has 0 fully saturated rings. The number of rotatable bonds is 2. The zero-order valence-corrected chi connectivity index (χ0v) is 9.14. The molecule has 2 nitrogen and oxygen atoms in total. The molecule has 12 heavy (non-hydrogen) atoms. The molecule has 0 unspecified atom stereocenters. The zero-order valence-electron chi connectivity index (χ0n) is 7.56. The number of hydrogen-bond donors (Lipinski definition) is 1. The maximum Gasteiger partial charge on any atom is 0.111 e. The largest absolute Gasteiger partial charge is 0.311 e.